The van der Waals surface area contributed by atoms with Crippen molar-refractivity contribution in [1.82, 2.24) is 4.90 Å². The zero-order chi connectivity index (χ0) is 18.8. The smallest absolute Gasteiger partial charge is 0.241 e. The van der Waals surface area contributed by atoms with E-state index in [-0.39, 0.29) is 11.9 Å². The summed E-state index contributed by atoms with van der Waals surface area (Å²) in [7, 11) is 0. The van der Waals surface area contributed by atoms with Crippen molar-refractivity contribution in [3.05, 3.63) is 65.2 Å². The van der Waals surface area contributed by atoms with Crippen LogP contribution in [0.2, 0.25) is 0 Å². The lowest BCUT2D eigenvalue weighted by atomic mass is 10.1. The molecule has 3 rings (SSSR count). The molecule has 0 spiro atoms. The maximum absolute atomic E-state index is 13.8. The van der Waals surface area contributed by atoms with Crippen LogP contribution in [0.15, 0.2) is 36.4 Å². The Labute approximate surface area is 148 Å². The zero-order valence-electron chi connectivity index (χ0n) is 14.1. The summed E-state index contributed by atoms with van der Waals surface area (Å²) in [6, 6.07) is 7.31. The van der Waals surface area contributed by atoms with Gasteiger partial charge >= 0.3 is 0 Å². The molecule has 26 heavy (non-hydrogen) atoms. The van der Waals surface area contributed by atoms with E-state index in [4.69, 9.17) is 0 Å². The second-order valence-corrected chi connectivity index (χ2v) is 6.42. The van der Waals surface area contributed by atoms with Gasteiger partial charge in [-0.1, -0.05) is 12.1 Å². The first-order valence-corrected chi connectivity index (χ1v) is 8.31. The van der Waals surface area contributed by atoms with Gasteiger partial charge in [0.2, 0.25) is 5.91 Å². The normalized spacial score (nSPS) is 15.2. The summed E-state index contributed by atoms with van der Waals surface area (Å²) in [6.45, 7) is 2.09. The Bertz CT molecular complexity index is 806. The maximum atomic E-state index is 13.8. The SMILES string of the molecule is C[C@@H](C(=O)Nc1ccc(F)c(F)c1F)N(Cc1ccc(F)cc1)C1CC1. The van der Waals surface area contributed by atoms with Crippen molar-refractivity contribution >= 4 is 11.6 Å². The molecule has 0 radical (unpaired) electrons. The number of benzene rings is 2. The molecular weight excluding hydrogens is 348 g/mol. The van der Waals surface area contributed by atoms with Crippen LogP contribution >= 0.6 is 0 Å². The molecule has 0 aliphatic heterocycles. The van der Waals surface area contributed by atoms with E-state index < -0.39 is 35.1 Å². The van der Waals surface area contributed by atoms with E-state index in [9.17, 15) is 22.4 Å². The van der Waals surface area contributed by atoms with Crippen LogP contribution < -0.4 is 5.32 Å². The molecule has 2 aromatic carbocycles. The Hall–Kier alpha value is -2.41. The molecule has 1 aliphatic carbocycles. The Morgan fingerprint density at radius 2 is 1.73 bits per heavy atom. The van der Waals surface area contributed by atoms with E-state index in [1.807, 2.05) is 4.90 Å². The number of hydrogen-bond acceptors (Lipinski definition) is 2. The molecule has 0 unspecified atom stereocenters. The van der Waals surface area contributed by atoms with Crippen molar-refractivity contribution in [1.29, 1.82) is 0 Å². The van der Waals surface area contributed by atoms with Gasteiger partial charge in [-0.25, -0.2) is 17.6 Å². The summed E-state index contributed by atoms with van der Waals surface area (Å²) in [5.41, 5.74) is 0.440. The standard InChI is InChI=1S/C19H18F4N2O/c1-11(19(26)24-16-9-8-15(21)17(22)18(16)23)25(14-6-7-14)10-12-2-4-13(20)5-3-12/h2-5,8-9,11,14H,6-7,10H2,1H3,(H,24,26)/t11-/m0/s1. The van der Waals surface area contributed by atoms with E-state index in [1.54, 1.807) is 19.1 Å². The Kier molecular flexibility index (Phi) is 5.27. The third-order valence-corrected chi connectivity index (χ3v) is 4.46. The summed E-state index contributed by atoms with van der Waals surface area (Å²) < 4.78 is 53.1. The van der Waals surface area contributed by atoms with E-state index in [1.165, 1.54) is 12.1 Å². The number of nitrogens with one attached hydrogen (secondary N) is 1. The molecule has 2 aromatic rings. The first-order valence-electron chi connectivity index (χ1n) is 8.31. The molecule has 1 N–H and O–H groups in total. The van der Waals surface area contributed by atoms with Gasteiger partial charge in [-0.05, 0) is 49.6 Å². The number of nitrogens with zero attached hydrogens (tertiary/aromatic N) is 1. The van der Waals surface area contributed by atoms with E-state index in [0.29, 0.717) is 6.54 Å². The Balaban J connectivity index is 1.72. The minimum absolute atomic E-state index is 0.204. The average Bonchev–Trinajstić information content (AvgIpc) is 3.46. The molecule has 0 heterocycles. The number of carbonyl (C=O) groups is 1. The lowest BCUT2D eigenvalue weighted by molar-refractivity contribution is -0.121. The van der Waals surface area contributed by atoms with Crippen molar-refractivity contribution in [3.63, 3.8) is 0 Å². The van der Waals surface area contributed by atoms with Crippen LogP contribution in [-0.2, 0) is 11.3 Å². The topological polar surface area (TPSA) is 32.3 Å². The van der Waals surface area contributed by atoms with Crippen LogP contribution in [0.5, 0.6) is 0 Å². The Morgan fingerprint density at radius 1 is 1.08 bits per heavy atom. The average molecular weight is 366 g/mol. The van der Waals surface area contributed by atoms with E-state index >= 15 is 0 Å². The molecule has 1 amide bonds. The summed E-state index contributed by atoms with van der Waals surface area (Å²) in [5.74, 6) is -5.23. The van der Waals surface area contributed by atoms with Gasteiger partial charge in [0, 0.05) is 12.6 Å². The van der Waals surface area contributed by atoms with Gasteiger partial charge in [-0.3, -0.25) is 9.69 Å². The van der Waals surface area contributed by atoms with Gasteiger partial charge in [0.25, 0.3) is 0 Å². The molecule has 0 aromatic heterocycles. The first kappa shape index (κ1) is 18.4. The zero-order valence-corrected chi connectivity index (χ0v) is 14.1. The highest BCUT2D eigenvalue weighted by molar-refractivity contribution is 5.94. The number of anilines is 1. The Morgan fingerprint density at radius 3 is 2.35 bits per heavy atom. The summed E-state index contributed by atoms with van der Waals surface area (Å²) in [6.07, 6.45) is 1.86. The third kappa shape index (κ3) is 4.04. The van der Waals surface area contributed by atoms with Gasteiger partial charge in [0.15, 0.2) is 17.5 Å². The van der Waals surface area contributed by atoms with Crippen LogP contribution in [0, 0.1) is 23.3 Å². The van der Waals surface area contributed by atoms with Crippen molar-refractivity contribution in [2.45, 2.75) is 38.4 Å². The molecule has 1 fully saturated rings. The predicted molar refractivity (Wildman–Crippen MR) is 89.4 cm³/mol. The molecule has 0 saturated heterocycles. The van der Waals surface area contributed by atoms with Crippen LogP contribution in [0.25, 0.3) is 0 Å². The first-order chi connectivity index (χ1) is 12.4. The summed E-state index contributed by atoms with van der Waals surface area (Å²) in [4.78, 5) is 14.4. The van der Waals surface area contributed by atoms with Crippen LogP contribution in [0.3, 0.4) is 0 Å². The van der Waals surface area contributed by atoms with Crippen LogP contribution in [0.1, 0.15) is 25.3 Å². The molecule has 3 nitrogen and oxygen atoms in total. The van der Waals surface area contributed by atoms with Gasteiger partial charge in [0.1, 0.15) is 5.82 Å². The highest BCUT2D eigenvalue weighted by atomic mass is 19.2. The second-order valence-electron chi connectivity index (χ2n) is 6.42. The van der Waals surface area contributed by atoms with Crippen molar-refractivity contribution < 1.29 is 22.4 Å². The van der Waals surface area contributed by atoms with E-state index in [2.05, 4.69) is 5.32 Å². The highest BCUT2D eigenvalue weighted by Gasteiger charge is 2.35. The van der Waals surface area contributed by atoms with Gasteiger partial charge in [-0.15, -0.1) is 0 Å². The van der Waals surface area contributed by atoms with E-state index in [0.717, 1.165) is 30.5 Å². The molecule has 138 valence electrons. The molecule has 1 saturated carbocycles. The monoisotopic (exact) mass is 366 g/mol. The largest absolute Gasteiger partial charge is 0.322 e. The van der Waals surface area contributed by atoms with Gasteiger partial charge < -0.3 is 5.32 Å². The molecular formula is C19H18F4N2O. The summed E-state index contributed by atoms with van der Waals surface area (Å²) >= 11 is 0. The number of amides is 1. The molecule has 1 aliphatic rings. The van der Waals surface area contributed by atoms with Crippen molar-refractivity contribution in [2.24, 2.45) is 0 Å². The minimum atomic E-state index is -1.62. The fourth-order valence-electron chi connectivity index (χ4n) is 2.80. The van der Waals surface area contributed by atoms with Crippen molar-refractivity contribution in [2.75, 3.05) is 5.32 Å². The van der Waals surface area contributed by atoms with Crippen LogP contribution in [0.4, 0.5) is 23.2 Å². The maximum Gasteiger partial charge on any atom is 0.241 e. The lowest BCUT2D eigenvalue weighted by Gasteiger charge is -2.28. The highest BCUT2D eigenvalue weighted by Crippen LogP contribution is 2.31. The summed E-state index contributed by atoms with van der Waals surface area (Å²) in [5, 5.41) is 2.31. The lowest BCUT2D eigenvalue weighted by Crippen LogP contribution is -2.43. The predicted octanol–water partition coefficient (Wildman–Crippen LogP) is 4.23. The number of halogens is 4. The fourth-order valence-corrected chi connectivity index (χ4v) is 2.80. The molecule has 1 atom stereocenters. The number of carbonyl (C=O) groups excluding carboxylic acids is 1. The molecule has 0 bridgehead atoms. The third-order valence-electron chi connectivity index (χ3n) is 4.46. The number of rotatable bonds is 6. The quantitative estimate of drug-likeness (QED) is 0.613. The van der Waals surface area contributed by atoms with Crippen molar-refractivity contribution in [3.8, 4) is 0 Å². The minimum Gasteiger partial charge on any atom is -0.322 e. The van der Waals surface area contributed by atoms with Crippen LogP contribution in [-0.4, -0.2) is 22.9 Å². The van der Waals surface area contributed by atoms with Gasteiger partial charge in [-0.2, -0.15) is 0 Å². The van der Waals surface area contributed by atoms with Gasteiger partial charge in [0.05, 0.1) is 11.7 Å². The second kappa shape index (κ2) is 7.45. The number of hydrogen-bond donors (Lipinski definition) is 1. The molecule has 7 heteroatoms. The fraction of sp³-hybridized carbons (Fsp3) is 0.316.